The van der Waals surface area contributed by atoms with Crippen LogP contribution in [0.15, 0.2) is 24.3 Å². The Labute approximate surface area is 120 Å². The molecule has 2 rings (SSSR count). The molecule has 0 atom stereocenters. The number of ether oxygens (including phenoxy) is 1. The third-order valence-corrected chi connectivity index (χ3v) is 3.25. The summed E-state index contributed by atoms with van der Waals surface area (Å²) in [7, 11) is 1.96. The highest BCUT2D eigenvalue weighted by atomic mass is 16.5. The lowest BCUT2D eigenvalue weighted by atomic mass is 10.2. The fraction of sp³-hybridized carbons (Fsp3) is 0.438. The molecule has 1 N–H and O–H groups in total. The van der Waals surface area contributed by atoms with Crippen molar-refractivity contribution in [2.75, 3.05) is 5.32 Å². The van der Waals surface area contributed by atoms with Gasteiger partial charge in [0.25, 0.3) is 0 Å². The molecule has 20 heavy (non-hydrogen) atoms. The quantitative estimate of drug-likeness (QED) is 0.907. The van der Waals surface area contributed by atoms with E-state index in [1.54, 1.807) is 0 Å². The van der Waals surface area contributed by atoms with Crippen LogP contribution in [-0.2, 0) is 13.6 Å². The van der Waals surface area contributed by atoms with Gasteiger partial charge in [-0.1, -0.05) is 12.1 Å². The monoisotopic (exact) mass is 273 g/mol. The molecule has 0 aliphatic rings. The van der Waals surface area contributed by atoms with E-state index in [-0.39, 0.29) is 6.10 Å². The van der Waals surface area contributed by atoms with E-state index in [4.69, 9.17) is 4.74 Å². The van der Waals surface area contributed by atoms with Crippen LogP contribution in [-0.4, -0.2) is 15.9 Å². The maximum absolute atomic E-state index is 5.71. The molecule has 0 amide bonds. The molecule has 0 spiro atoms. The van der Waals surface area contributed by atoms with Crippen molar-refractivity contribution in [3.8, 4) is 5.75 Å². The van der Waals surface area contributed by atoms with Gasteiger partial charge in [-0.2, -0.15) is 5.10 Å². The van der Waals surface area contributed by atoms with Crippen LogP contribution >= 0.6 is 0 Å². The second-order valence-electron chi connectivity index (χ2n) is 5.34. The van der Waals surface area contributed by atoms with Crippen LogP contribution in [0.1, 0.15) is 30.8 Å². The lowest BCUT2D eigenvalue weighted by Gasteiger charge is -2.12. The summed E-state index contributed by atoms with van der Waals surface area (Å²) in [6.45, 7) is 8.93. The number of anilines is 1. The van der Waals surface area contributed by atoms with E-state index < -0.39 is 0 Å². The highest BCUT2D eigenvalue weighted by molar-refractivity contribution is 5.52. The lowest BCUT2D eigenvalue weighted by Crippen LogP contribution is -2.06. The van der Waals surface area contributed by atoms with E-state index in [1.807, 2.05) is 44.6 Å². The molecule has 4 heteroatoms. The molecule has 0 saturated heterocycles. The zero-order chi connectivity index (χ0) is 14.7. The zero-order valence-corrected chi connectivity index (χ0v) is 12.9. The van der Waals surface area contributed by atoms with Crippen molar-refractivity contribution < 1.29 is 4.74 Å². The summed E-state index contributed by atoms with van der Waals surface area (Å²) in [4.78, 5) is 0. The van der Waals surface area contributed by atoms with Crippen LogP contribution in [0.2, 0.25) is 0 Å². The van der Waals surface area contributed by atoms with Crippen molar-refractivity contribution in [2.45, 2.75) is 40.3 Å². The summed E-state index contributed by atoms with van der Waals surface area (Å²) in [5.74, 6) is 0.916. The zero-order valence-electron chi connectivity index (χ0n) is 12.9. The molecule has 0 fully saturated rings. The first kappa shape index (κ1) is 14.4. The number of aryl methyl sites for hydroxylation is 2. The van der Waals surface area contributed by atoms with Crippen LogP contribution in [0.5, 0.6) is 5.75 Å². The van der Waals surface area contributed by atoms with Crippen molar-refractivity contribution in [2.24, 2.45) is 7.05 Å². The Balaban J connectivity index is 2.07. The van der Waals surface area contributed by atoms with Crippen LogP contribution < -0.4 is 10.1 Å². The molecular weight excluding hydrogens is 250 g/mol. The normalized spacial score (nSPS) is 10.9. The molecule has 4 nitrogen and oxygen atoms in total. The van der Waals surface area contributed by atoms with Gasteiger partial charge < -0.3 is 10.1 Å². The van der Waals surface area contributed by atoms with Crippen LogP contribution in [0.3, 0.4) is 0 Å². The molecule has 0 aliphatic carbocycles. The Morgan fingerprint density at radius 2 is 2.05 bits per heavy atom. The SMILES string of the molecule is Cc1nn(C)c(C)c1NCc1cccc(OC(C)C)c1. The molecular formula is C16H23N3O. The van der Waals surface area contributed by atoms with E-state index >= 15 is 0 Å². The number of benzene rings is 1. The van der Waals surface area contributed by atoms with Crippen molar-refractivity contribution in [1.29, 1.82) is 0 Å². The molecule has 0 radical (unpaired) electrons. The molecule has 1 aromatic carbocycles. The Morgan fingerprint density at radius 3 is 2.65 bits per heavy atom. The molecule has 1 aromatic heterocycles. The van der Waals surface area contributed by atoms with E-state index in [1.165, 1.54) is 5.56 Å². The summed E-state index contributed by atoms with van der Waals surface area (Å²) in [6, 6.07) is 8.19. The number of rotatable bonds is 5. The third kappa shape index (κ3) is 3.32. The van der Waals surface area contributed by atoms with E-state index in [9.17, 15) is 0 Å². The average molecular weight is 273 g/mol. The molecule has 1 heterocycles. The van der Waals surface area contributed by atoms with Crippen molar-refractivity contribution in [3.05, 3.63) is 41.2 Å². The van der Waals surface area contributed by atoms with Crippen molar-refractivity contribution >= 4 is 5.69 Å². The molecule has 0 aliphatic heterocycles. The average Bonchev–Trinajstić information content (AvgIpc) is 2.61. The minimum absolute atomic E-state index is 0.195. The van der Waals surface area contributed by atoms with Gasteiger partial charge in [-0.25, -0.2) is 0 Å². The predicted octanol–water partition coefficient (Wildman–Crippen LogP) is 3.44. The van der Waals surface area contributed by atoms with E-state index in [0.29, 0.717) is 0 Å². The Bertz CT molecular complexity index is 587. The molecule has 0 saturated carbocycles. The summed E-state index contributed by atoms with van der Waals surface area (Å²) in [5.41, 5.74) is 4.49. The minimum atomic E-state index is 0.195. The van der Waals surface area contributed by atoms with Crippen LogP contribution in [0.4, 0.5) is 5.69 Å². The van der Waals surface area contributed by atoms with Crippen LogP contribution in [0, 0.1) is 13.8 Å². The second-order valence-corrected chi connectivity index (χ2v) is 5.34. The topological polar surface area (TPSA) is 39.1 Å². The Morgan fingerprint density at radius 1 is 1.30 bits per heavy atom. The maximum atomic E-state index is 5.71. The summed E-state index contributed by atoms with van der Waals surface area (Å²) in [5, 5.41) is 7.87. The molecule has 2 aromatic rings. The van der Waals surface area contributed by atoms with E-state index in [2.05, 4.69) is 29.5 Å². The van der Waals surface area contributed by atoms with Gasteiger partial charge >= 0.3 is 0 Å². The van der Waals surface area contributed by atoms with Gasteiger partial charge in [0.1, 0.15) is 5.75 Å². The third-order valence-electron chi connectivity index (χ3n) is 3.25. The van der Waals surface area contributed by atoms with Gasteiger partial charge in [-0.05, 0) is 45.4 Å². The first-order valence-electron chi connectivity index (χ1n) is 6.97. The van der Waals surface area contributed by atoms with Crippen molar-refractivity contribution in [1.82, 2.24) is 9.78 Å². The Hall–Kier alpha value is -1.97. The van der Waals surface area contributed by atoms with E-state index in [0.717, 1.165) is 29.4 Å². The number of aromatic nitrogens is 2. The molecule has 0 bridgehead atoms. The summed E-state index contributed by atoms with van der Waals surface area (Å²) < 4.78 is 7.61. The number of hydrogen-bond donors (Lipinski definition) is 1. The predicted molar refractivity (Wildman–Crippen MR) is 82.2 cm³/mol. The fourth-order valence-corrected chi connectivity index (χ4v) is 2.22. The number of hydrogen-bond acceptors (Lipinski definition) is 3. The summed E-state index contributed by atoms with van der Waals surface area (Å²) >= 11 is 0. The van der Waals surface area contributed by atoms with Crippen LogP contribution in [0.25, 0.3) is 0 Å². The standard InChI is InChI=1S/C16H23N3O/c1-11(2)20-15-8-6-7-14(9-15)10-17-16-12(3)18-19(5)13(16)4/h6-9,11,17H,10H2,1-5H3. The Kier molecular flexibility index (Phi) is 4.32. The lowest BCUT2D eigenvalue weighted by molar-refractivity contribution is 0.242. The first-order chi connectivity index (χ1) is 9.47. The maximum Gasteiger partial charge on any atom is 0.120 e. The highest BCUT2D eigenvalue weighted by Gasteiger charge is 2.08. The molecule has 108 valence electrons. The van der Waals surface area contributed by atoms with Gasteiger partial charge in [0.15, 0.2) is 0 Å². The largest absolute Gasteiger partial charge is 0.491 e. The van der Waals surface area contributed by atoms with Gasteiger partial charge in [0, 0.05) is 13.6 Å². The first-order valence-corrected chi connectivity index (χ1v) is 6.97. The highest BCUT2D eigenvalue weighted by Crippen LogP contribution is 2.20. The number of nitrogens with zero attached hydrogens (tertiary/aromatic N) is 2. The summed E-state index contributed by atoms with van der Waals surface area (Å²) in [6.07, 6.45) is 0.195. The fourth-order valence-electron chi connectivity index (χ4n) is 2.22. The molecule has 0 unspecified atom stereocenters. The smallest absolute Gasteiger partial charge is 0.120 e. The number of nitrogens with one attached hydrogen (secondary N) is 1. The van der Waals surface area contributed by atoms with Gasteiger partial charge in [0.2, 0.25) is 0 Å². The van der Waals surface area contributed by atoms with Gasteiger partial charge in [-0.15, -0.1) is 0 Å². The van der Waals surface area contributed by atoms with Crippen molar-refractivity contribution in [3.63, 3.8) is 0 Å². The second kappa shape index (κ2) is 5.99. The van der Waals surface area contributed by atoms with Gasteiger partial charge in [-0.3, -0.25) is 4.68 Å². The van der Waals surface area contributed by atoms with Gasteiger partial charge in [0.05, 0.1) is 23.2 Å². The minimum Gasteiger partial charge on any atom is -0.491 e.